The van der Waals surface area contributed by atoms with Gasteiger partial charge >= 0.3 is 5.97 Å². The zero-order valence-corrected chi connectivity index (χ0v) is 15.6. The number of nitrogens with one attached hydrogen (secondary N) is 1. The molecule has 2 heterocycles. The Balaban J connectivity index is 1.40. The molecule has 0 radical (unpaired) electrons. The molecule has 29 heavy (non-hydrogen) atoms. The lowest BCUT2D eigenvalue weighted by molar-refractivity contribution is 0.0696. The molecule has 150 valence electrons. The minimum Gasteiger partial charge on any atom is -0.478 e. The fourth-order valence-electron chi connectivity index (χ4n) is 3.82. The van der Waals surface area contributed by atoms with Gasteiger partial charge in [0.2, 0.25) is 0 Å². The summed E-state index contributed by atoms with van der Waals surface area (Å²) in [5, 5.41) is 26.3. The highest BCUT2D eigenvalue weighted by Crippen LogP contribution is 2.29. The van der Waals surface area contributed by atoms with E-state index in [1.165, 1.54) is 18.7 Å². The van der Waals surface area contributed by atoms with Crippen molar-refractivity contribution in [1.29, 1.82) is 0 Å². The van der Waals surface area contributed by atoms with Crippen LogP contribution in [0.1, 0.15) is 33.8 Å². The van der Waals surface area contributed by atoms with Crippen molar-refractivity contribution in [3.8, 4) is 11.1 Å². The largest absolute Gasteiger partial charge is 0.478 e. The molecule has 3 aromatic rings. The van der Waals surface area contributed by atoms with Crippen LogP contribution in [0.2, 0.25) is 0 Å². The lowest BCUT2D eigenvalue weighted by atomic mass is 10.1. The number of hydrogen-bond acceptors (Lipinski definition) is 5. The molecule has 8 nitrogen and oxygen atoms in total. The number of carboxylic acids is 1. The van der Waals surface area contributed by atoms with Crippen LogP contribution < -0.4 is 5.32 Å². The van der Waals surface area contributed by atoms with Crippen molar-refractivity contribution in [2.45, 2.75) is 31.5 Å². The Morgan fingerprint density at radius 3 is 2.72 bits per heavy atom. The molecule has 1 amide bonds. The lowest BCUT2D eigenvalue weighted by Gasteiger charge is -2.16. The third kappa shape index (κ3) is 4.07. The smallest absolute Gasteiger partial charge is 0.338 e. The van der Waals surface area contributed by atoms with E-state index in [2.05, 4.69) is 10.4 Å². The molecule has 0 aliphatic heterocycles. The normalized spacial score (nSPS) is 21.2. The molecule has 1 unspecified atom stereocenters. The number of furan rings is 1. The molecular weight excluding hydrogens is 374 g/mol. The number of hydrogen-bond donors (Lipinski definition) is 3. The molecule has 3 N–H and O–H groups in total. The third-order valence-corrected chi connectivity index (χ3v) is 5.22. The minimum absolute atomic E-state index is 0.0713. The molecule has 1 saturated carbocycles. The second kappa shape index (κ2) is 7.92. The van der Waals surface area contributed by atoms with E-state index >= 15 is 0 Å². The highest BCUT2D eigenvalue weighted by Gasteiger charge is 2.35. The SMILES string of the molecule is O=C(O)c1cnn(CC2C[C@@H](O)[C@H](NC(=O)c3occc3-c3ccccc3)C2)c1. The average Bonchev–Trinajstić information content (AvgIpc) is 3.43. The van der Waals surface area contributed by atoms with Crippen molar-refractivity contribution in [2.24, 2.45) is 5.92 Å². The number of aromatic nitrogens is 2. The van der Waals surface area contributed by atoms with Gasteiger partial charge < -0.3 is 19.9 Å². The second-order valence-electron chi connectivity index (χ2n) is 7.27. The van der Waals surface area contributed by atoms with Gasteiger partial charge in [0.25, 0.3) is 5.91 Å². The number of amides is 1. The Bertz CT molecular complexity index is 1010. The van der Waals surface area contributed by atoms with E-state index in [1.807, 2.05) is 30.3 Å². The number of carbonyl (C=O) groups excluding carboxylic acids is 1. The molecule has 0 spiro atoms. The van der Waals surface area contributed by atoms with Crippen LogP contribution in [0.4, 0.5) is 0 Å². The molecule has 4 rings (SSSR count). The van der Waals surface area contributed by atoms with Crippen LogP contribution in [-0.4, -0.2) is 44.0 Å². The molecule has 1 aromatic carbocycles. The topological polar surface area (TPSA) is 118 Å². The second-order valence-corrected chi connectivity index (χ2v) is 7.27. The number of aliphatic hydroxyl groups is 1. The Labute approximate surface area is 166 Å². The molecule has 8 heteroatoms. The average molecular weight is 395 g/mol. The summed E-state index contributed by atoms with van der Waals surface area (Å²) in [6.07, 6.45) is 4.62. The van der Waals surface area contributed by atoms with E-state index in [0.717, 1.165) is 5.56 Å². The monoisotopic (exact) mass is 395 g/mol. The zero-order valence-electron chi connectivity index (χ0n) is 15.6. The van der Waals surface area contributed by atoms with Crippen molar-refractivity contribution in [2.75, 3.05) is 0 Å². The Kier molecular flexibility index (Phi) is 5.18. The molecule has 1 aliphatic rings. The zero-order chi connectivity index (χ0) is 20.4. The number of nitrogens with zero attached hydrogens (tertiary/aromatic N) is 2. The standard InChI is InChI=1S/C21H21N3O5/c25-18-9-13(11-24-12-15(10-22-24)21(27)28)8-17(18)23-20(26)19-16(6-7-29-19)14-4-2-1-3-5-14/h1-7,10,12-13,17-18,25H,8-9,11H2,(H,23,26)(H,27,28)/t13?,17-,18-/m1/s1. The number of carboxylic acid groups (broad SMARTS) is 1. The van der Waals surface area contributed by atoms with Gasteiger partial charge in [0.15, 0.2) is 5.76 Å². The van der Waals surface area contributed by atoms with Gasteiger partial charge in [-0.15, -0.1) is 0 Å². The van der Waals surface area contributed by atoms with Gasteiger partial charge in [0, 0.05) is 18.3 Å². The summed E-state index contributed by atoms with van der Waals surface area (Å²) in [6, 6.07) is 10.8. The maximum atomic E-state index is 12.7. The summed E-state index contributed by atoms with van der Waals surface area (Å²) in [7, 11) is 0. The third-order valence-electron chi connectivity index (χ3n) is 5.22. The first-order valence-corrected chi connectivity index (χ1v) is 9.39. The number of aromatic carboxylic acids is 1. The highest BCUT2D eigenvalue weighted by molar-refractivity contribution is 5.98. The quantitative estimate of drug-likeness (QED) is 0.590. The van der Waals surface area contributed by atoms with Gasteiger partial charge in [-0.2, -0.15) is 5.10 Å². The summed E-state index contributed by atoms with van der Waals surface area (Å²) < 4.78 is 6.97. The summed E-state index contributed by atoms with van der Waals surface area (Å²) in [5.74, 6) is -1.11. The van der Waals surface area contributed by atoms with Crippen molar-refractivity contribution >= 4 is 11.9 Å². The van der Waals surface area contributed by atoms with Crippen LogP contribution in [0.15, 0.2) is 59.5 Å². The van der Waals surface area contributed by atoms with Gasteiger partial charge in [-0.05, 0) is 30.4 Å². The Hall–Kier alpha value is -3.39. The van der Waals surface area contributed by atoms with E-state index in [4.69, 9.17) is 9.52 Å². The van der Waals surface area contributed by atoms with Crippen LogP contribution in [0.5, 0.6) is 0 Å². The summed E-state index contributed by atoms with van der Waals surface area (Å²) in [6.45, 7) is 0.479. The van der Waals surface area contributed by atoms with Gasteiger partial charge in [0.05, 0.1) is 30.2 Å². The maximum Gasteiger partial charge on any atom is 0.338 e. The predicted molar refractivity (Wildman–Crippen MR) is 103 cm³/mol. The summed E-state index contributed by atoms with van der Waals surface area (Å²) in [5.41, 5.74) is 1.70. The number of carbonyl (C=O) groups is 2. The van der Waals surface area contributed by atoms with Gasteiger partial charge in [-0.25, -0.2) is 4.79 Å². The van der Waals surface area contributed by atoms with Crippen LogP contribution in [0.3, 0.4) is 0 Å². The lowest BCUT2D eigenvalue weighted by Crippen LogP contribution is -2.39. The molecule has 0 bridgehead atoms. The Morgan fingerprint density at radius 2 is 2.00 bits per heavy atom. The minimum atomic E-state index is -1.03. The van der Waals surface area contributed by atoms with Crippen LogP contribution >= 0.6 is 0 Å². The molecule has 3 atom stereocenters. The van der Waals surface area contributed by atoms with Crippen LogP contribution in [0.25, 0.3) is 11.1 Å². The highest BCUT2D eigenvalue weighted by atomic mass is 16.4. The van der Waals surface area contributed by atoms with E-state index in [1.54, 1.807) is 10.7 Å². The predicted octanol–water partition coefficient (Wildman–Crippen LogP) is 2.41. The molecule has 0 saturated heterocycles. The van der Waals surface area contributed by atoms with Crippen LogP contribution in [-0.2, 0) is 6.54 Å². The summed E-state index contributed by atoms with van der Waals surface area (Å²) >= 11 is 0. The summed E-state index contributed by atoms with van der Waals surface area (Å²) in [4.78, 5) is 23.7. The van der Waals surface area contributed by atoms with Crippen molar-refractivity contribution in [3.05, 3.63) is 66.4 Å². The van der Waals surface area contributed by atoms with Gasteiger partial charge in [-0.1, -0.05) is 30.3 Å². The van der Waals surface area contributed by atoms with Crippen molar-refractivity contribution in [1.82, 2.24) is 15.1 Å². The van der Waals surface area contributed by atoms with E-state index in [0.29, 0.717) is 24.9 Å². The van der Waals surface area contributed by atoms with Gasteiger partial charge in [0.1, 0.15) is 0 Å². The maximum absolute atomic E-state index is 12.7. The first-order valence-electron chi connectivity index (χ1n) is 9.39. The molecule has 2 aromatic heterocycles. The van der Waals surface area contributed by atoms with Crippen molar-refractivity contribution in [3.63, 3.8) is 0 Å². The van der Waals surface area contributed by atoms with E-state index in [9.17, 15) is 14.7 Å². The fourth-order valence-corrected chi connectivity index (χ4v) is 3.82. The number of rotatable bonds is 6. The van der Waals surface area contributed by atoms with E-state index in [-0.39, 0.29) is 23.1 Å². The number of aliphatic hydroxyl groups excluding tert-OH is 1. The van der Waals surface area contributed by atoms with Crippen molar-refractivity contribution < 1.29 is 24.2 Å². The number of benzene rings is 1. The van der Waals surface area contributed by atoms with Gasteiger partial charge in [-0.3, -0.25) is 9.48 Å². The van der Waals surface area contributed by atoms with E-state index < -0.39 is 18.1 Å². The molecule has 1 fully saturated rings. The van der Waals surface area contributed by atoms with Crippen LogP contribution in [0, 0.1) is 5.92 Å². The first kappa shape index (κ1) is 18.9. The fraction of sp³-hybridized carbons (Fsp3) is 0.286. The first-order chi connectivity index (χ1) is 14.0. The molecule has 1 aliphatic carbocycles. The Morgan fingerprint density at radius 1 is 1.21 bits per heavy atom. The molecular formula is C21H21N3O5.